The van der Waals surface area contributed by atoms with Crippen LogP contribution in [0, 0.1) is 0 Å². The lowest BCUT2D eigenvalue weighted by Crippen LogP contribution is -2.10. The van der Waals surface area contributed by atoms with E-state index in [-0.39, 0.29) is 17.4 Å². The Bertz CT molecular complexity index is 1160. The van der Waals surface area contributed by atoms with Crippen molar-refractivity contribution in [1.29, 1.82) is 0 Å². The number of nitrogens with two attached hydrogens (primary N) is 1. The van der Waals surface area contributed by atoms with Crippen LogP contribution in [0.2, 0.25) is 0 Å². The largest absolute Gasteiger partial charge is 0.478 e. The third-order valence-electron chi connectivity index (χ3n) is 4.30. The molecule has 3 aromatic rings. The van der Waals surface area contributed by atoms with Gasteiger partial charge in [-0.15, -0.1) is 0 Å². The number of nitrogen functional groups attached to an aromatic ring is 1. The number of fused-ring (bicyclic) bond motifs is 1. The van der Waals surface area contributed by atoms with Crippen molar-refractivity contribution in [2.45, 2.75) is 12.4 Å². The molecular weight excluding hydrogens is 436 g/mol. The number of halogens is 6. The maximum atomic E-state index is 13.8. The predicted molar refractivity (Wildman–Crippen MR) is 91.7 cm³/mol. The first-order chi connectivity index (χ1) is 14.5. The number of benzene rings is 1. The molecule has 1 aliphatic heterocycles. The number of aromatic nitrogens is 4. The Balaban J connectivity index is 2.01. The highest BCUT2D eigenvalue weighted by Gasteiger charge is 2.43. The molecule has 0 unspecified atom stereocenters. The van der Waals surface area contributed by atoms with Crippen LogP contribution >= 0.6 is 0 Å². The van der Waals surface area contributed by atoms with Crippen LogP contribution in [0.25, 0.3) is 16.9 Å². The van der Waals surface area contributed by atoms with Crippen molar-refractivity contribution < 1.29 is 40.6 Å². The second-order valence-electron chi connectivity index (χ2n) is 6.16. The van der Waals surface area contributed by atoms with E-state index < -0.39 is 53.1 Å². The average molecular weight is 447 g/mol. The highest BCUT2D eigenvalue weighted by atomic mass is 19.4. The fourth-order valence-corrected chi connectivity index (χ4v) is 3.05. The van der Waals surface area contributed by atoms with Gasteiger partial charge in [0.1, 0.15) is 11.4 Å². The summed E-state index contributed by atoms with van der Waals surface area (Å²) in [6, 6.07) is 1.47. The van der Waals surface area contributed by atoms with Crippen LogP contribution in [0.15, 0.2) is 24.5 Å². The van der Waals surface area contributed by atoms with Crippen molar-refractivity contribution in [1.82, 2.24) is 19.7 Å². The van der Waals surface area contributed by atoms with Crippen molar-refractivity contribution in [3.8, 4) is 34.3 Å². The smallest absolute Gasteiger partial charge is 0.435 e. The van der Waals surface area contributed by atoms with Gasteiger partial charge in [-0.05, 0) is 17.7 Å². The zero-order valence-corrected chi connectivity index (χ0v) is 15.4. The first kappa shape index (κ1) is 20.6. The molecule has 0 aliphatic carbocycles. The second kappa shape index (κ2) is 6.92. The Kier molecular flexibility index (Phi) is 4.59. The van der Waals surface area contributed by atoms with Crippen molar-refractivity contribution in [3.63, 3.8) is 0 Å². The average Bonchev–Trinajstić information content (AvgIpc) is 3.30. The number of methoxy groups -OCH3 is 1. The molecule has 8 nitrogen and oxygen atoms in total. The van der Waals surface area contributed by atoms with Crippen LogP contribution in [0.4, 0.5) is 32.2 Å². The summed E-state index contributed by atoms with van der Waals surface area (Å²) in [5, 5.41) is 3.45. The maximum absolute atomic E-state index is 13.8. The van der Waals surface area contributed by atoms with E-state index in [4.69, 9.17) is 19.9 Å². The Labute approximate surface area is 169 Å². The van der Waals surface area contributed by atoms with Crippen LogP contribution in [-0.2, 0) is 12.4 Å². The van der Waals surface area contributed by atoms with Gasteiger partial charge in [0.05, 0.1) is 12.7 Å². The highest BCUT2D eigenvalue weighted by molar-refractivity contribution is 5.81. The molecule has 0 saturated heterocycles. The number of rotatable bonds is 3. The van der Waals surface area contributed by atoms with Crippen molar-refractivity contribution >= 4 is 5.82 Å². The van der Waals surface area contributed by atoms with Gasteiger partial charge in [-0.3, -0.25) is 0 Å². The van der Waals surface area contributed by atoms with Gasteiger partial charge in [-0.1, -0.05) is 0 Å². The number of hydrogen-bond donors (Lipinski definition) is 1. The SMILES string of the molecule is COc1nccnc1-n1nc(C(F)(F)F)c(-c2cc3c(c(C(F)(F)F)c2)OCO3)c1N. The van der Waals surface area contributed by atoms with E-state index in [0.29, 0.717) is 10.7 Å². The van der Waals surface area contributed by atoms with Crippen molar-refractivity contribution in [2.75, 3.05) is 19.6 Å². The normalized spacial score (nSPS) is 13.5. The van der Waals surface area contributed by atoms with Crippen LogP contribution in [0.3, 0.4) is 0 Å². The van der Waals surface area contributed by atoms with Gasteiger partial charge in [0.25, 0.3) is 5.88 Å². The van der Waals surface area contributed by atoms with Gasteiger partial charge >= 0.3 is 12.4 Å². The van der Waals surface area contributed by atoms with Gasteiger partial charge in [-0.2, -0.15) is 36.1 Å². The molecule has 0 atom stereocenters. The second-order valence-corrected chi connectivity index (χ2v) is 6.16. The minimum atomic E-state index is -5.06. The molecule has 3 heterocycles. The van der Waals surface area contributed by atoms with Gasteiger partial charge in [0, 0.05) is 12.4 Å². The molecule has 0 spiro atoms. The molecule has 0 bridgehead atoms. The third-order valence-corrected chi connectivity index (χ3v) is 4.30. The number of anilines is 1. The Hall–Kier alpha value is -3.71. The molecule has 2 N–H and O–H groups in total. The van der Waals surface area contributed by atoms with Gasteiger partial charge in [-0.25, -0.2) is 9.97 Å². The molecule has 4 rings (SSSR count). The van der Waals surface area contributed by atoms with Gasteiger partial charge in [0.15, 0.2) is 17.2 Å². The number of ether oxygens (including phenoxy) is 3. The number of hydrogen-bond acceptors (Lipinski definition) is 7. The summed E-state index contributed by atoms with van der Waals surface area (Å²) in [4.78, 5) is 7.68. The van der Waals surface area contributed by atoms with E-state index in [9.17, 15) is 26.3 Å². The summed E-state index contributed by atoms with van der Waals surface area (Å²) in [5.74, 6) is -2.10. The summed E-state index contributed by atoms with van der Waals surface area (Å²) >= 11 is 0. The fourth-order valence-electron chi connectivity index (χ4n) is 3.05. The van der Waals surface area contributed by atoms with E-state index in [1.807, 2.05) is 0 Å². The summed E-state index contributed by atoms with van der Waals surface area (Å²) in [6.45, 7) is -0.514. The molecule has 1 aromatic carbocycles. The number of nitrogens with zero attached hydrogens (tertiary/aromatic N) is 4. The quantitative estimate of drug-likeness (QED) is 0.612. The van der Waals surface area contributed by atoms with Crippen LogP contribution in [0.5, 0.6) is 17.4 Å². The Morgan fingerprint density at radius 2 is 1.74 bits per heavy atom. The Morgan fingerprint density at radius 1 is 1.03 bits per heavy atom. The molecular formula is C17H11F6N5O3. The van der Waals surface area contributed by atoms with E-state index in [1.54, 1.807) is 0 Å². The lowest BCUT2D eigenvalue weighted by Gasteiger charge is -2.13. The fraction of sp³-hybridized carbons (Fsp3) is 0.235. The van der Waals surface area contributed by atoms with E-state index in [1.165, 1.54) is 13.3 Å². The van der Waals surface area contributed by atoms with Crippen molar-refractivity contribution in [3.05, 3.63) is 35.8 Å². The standard InChI is InChI=1S/C17H11F6N5O3/c1-29-15-14(25-2-3-26-15)28-13(24)10(12(27-28)17(21,22)23)7-4-8(16(18,19)20)11-9(5-7)30-6-31-11/h2-5H,6,24H2,1H3. The summed E-state index contributed by atoms with van der Waals surface area (Å²) in [5.41, 5.74) is 1.78. The summed E-state index contributed by atoms with van der Waals surface area (Å²) in [6.07, 6.45) is -7.60. The van der Waals surface area contributed by atoms with Crippen LogP contribution in [-0.4, -0.2) is 33.7 Å². The first-order valence-corrected chi connectivity index (χ1v) is 8.34. The minimum Gasteiger partial charge on any atom is -0.478 e. The number of alkyl halides is 6. The van der Waals surface area contributed by atoms with E-state index in [2.05, 4.69) is 15.1 Å². The molecule has 0 radical (unpaired) electrons. The van der Waals surface area contributed by atoms with Crippen LogP contribution < -0.4 is 19.9 Å². The van der Waals surface area contributed by atoms with Gasteiger partial charge in [0.2, 0.25) is 12.6 Å². The van der Waals surface area contributed by atoms with Crippen LogP contribution in [0.1, 0.15) is 11.3 Å². The predicted octanol–water partition coefficient (Wildman–Crippen LogP) is 3.69. The lowest BCUT2D eigenvalue weighted by atomic mass is 10.0. The van der Waals surface area contributed by atoms with Gasteiger partial charge < -0.3 is 19.9 Å². The zero-order valence-electron chi connectivity index (χ0n) is 15.4. The summed E-state index contributed by atoms with van der Waals surface area (Å²) < 4.78 is 97.1. The van der Waals surface area contributed by atoms with Crippen molar-refractivity contribution in [2.24, 2.45) is 0 Å². The molecule has 1 aliphatic rings. The minimum absolute atomic E-state index is 0.196. The topological polar surface area (TPSA) is 97.3 Å². The van der Waals surface area contributed by atoms with E-state index in [0.717, 1.165) is 12.3 Å². The van der Waals surface area contributed by atoms with E-state index >= 15 is 0 Å². The third kappa shape index (κ3) is 3.43. The molecule has 0 amide bonds. The zero-order chi connectivity index (χ0) is 22.6. The molecule has 31 heavy (non-hydrogen) atoms. The highest BCUT2D eigenvalue weighted by Crippen LogP contribution is 2.49. The maximum Gasteiger partial charge on any atom is 0.435 e. The lowest BCUT2D eigenvalue weighted by molar-refractivity contribution is -0.140. The molecule has 2 aromatic heterocycles. The molecule has 14 heteroatoms. The molecule has 0 fully saturated rings. The first-order valence-electron chi connectivity index (χ1n) is 8.34. The summed E-state index contributed by atoms with van der Waals surface area (Å²) in [7, 11) is 1.20. The monoisotopic (exact) mass is 447 g/mol. The molecule has 0 saturated carbocycles. The Morgan fingerprint density at radius 3 is 2.39 bits per heavy atom. The molecule has 164 valence electrons.